The van der Waals surface area contributed by atoms with Crippen LogP contribution in [0.25, 0.3) is 21.9 Å². The van der Waals surface area contributed by atoms with Gasteiger partial charge in [0.15, 0.2) is 0 Å². The maximum absolute atomic E-state index is 13.6. The number of benzene rings is 2. The van der Waals surface area contributed by atoms with Crippen LogP contribution >= 0.6 is 0 Å². The van der Waals surface area contributed by atoms with Gasteiger partial charge in [-0.05, 0) is 22.8 Å². The molecule has 0 amide bonds. The summed E-state index contributed by atoms with van der Waals surface area (Å²) in [6, 6.07) is 13.6. The van der Waals surface area contributed by atoms with E-state index in [2.05, 4.69) is 4.90 Å². The fourth-order valence-electron chi connectivity index (χ4n) is 3.87. The fourth-order valence-corrected chi connectivity index (χ4v) is 3.87. The summed E-state index contributed by atoms with van der Waals surface area (Å²) in [6.07, 6.45) is 1.92. The zero-order valence-corrected chi connectivity index (χ0v) is 14.1. The van der Waals surface area contributed by atoms with E-state index in [9.17, 15) is 12.9 Å². The van der Waals surface area contributed by atoms with E-state index in [1.54, 1.807) is 6.92 Å². The largest absolute Gasteiger partial charge is 0.811 e. The Morgan fingerprint density at radius 3 is 2.48 bits per heavy atom. The van der Waals surface area contributed by atoms with E-state index in [4.69, 9.17) is 0 Å². The van der Waals surface area contributed by atoms with Crippen molar-refractivity contribution >= 4 is 23.6 Å². The minimum atomic E-state index is -5.13. The average molecular weight is 342 g/mol. The molecule has 1 aromatic heterocycles. The van der Waals surface area contributed by atoms with Crippen molar-refractivity contribution in [2.24, 2.45) is 0 Å². The molecule has 3 aromatic rings. The Balaban J connectivity index is 2.09. The lowest BCUT2D eigenvalue weighted by Crippen LogP contribution is -2.58. The number of likely N-dealkylation sites (N-methyl/N-ethyl adjacent to an activating group) is 1. The molecule has 0 radical (unpaired) electrons. The predicted molar refractivity (Wildman–Crippen MR) is 95.8 cm³/mol. The third-order valence-corrected chi connectivity index (χ3v) is 5.11. The molecule has 0 unspecified atom stereocenters. The van der Waals surface area contributed by atoms with E-state index in [0.29, 0.717) is 22.2 Å². The van der Waals surface area contributed by atoms with Crippen LogP contribution in [0.3, 0.4) is 0 Å². The van der Waals surface area contributed by atoms with Crippen LogP contribution in [-0.4, -0.2) is 20.7 Å². The lowest BCUT2D eigenvalue weighted by atomic mass is 9.94. The number of fused-ring (bicyclic) bond motifs is 2. The van der Waals surface area contributed by atoms with Gasteiger partial charge in [0.05, 0.1) is 11.3 Å². The number of aromatic nitrogens is 1. The summed E-state index contributed by atoms with van der Waals surface area (Å²) >= 11 is 0. The summed E-state index contributed by atoms with van der Waals surface area (Å²) in [5, 5.41) is 2.00. The number of rotatable bonds is 2. The van der Waals surface area contributed by atoms with Crippen molar-refractivity contribution in [3.05, 3.63) is 59.9 Å². The molecule has 128 valence electrons. The molecule has 0 saturated carbocycles. The quantitative estimate of drug-likeness (QED) is 0.631. The maximum Gasteiger partial charge on any atom is 0.811 e. The highest BCUT2D eigenvalue weighted by Gasteiger charge is 2.44. The normalized spacial score (nSPS) is 14.2. The topological polar surface area (TPSA) is 7.12 Å². The second kappa shape index (κ2) is 5.51. The van der Waals surface area contributed by atoms with Crippen LogP contribution in [0.15, 0.2) is 48.7 Å². The summed E-state index contributed by atoms with van der Waals surface area (Å²) in [6.45, 7) is 2.31. The van der Waals surface area contributed by atoms with Gasteiger partial charge in [0, 0.05) is 26.1 Å². The van der Waals surface area contributed by atoms with Crippen molar-refractivity contribution < 1.29 is 17.4 Å². The summed E-state index contributed by atoms with van der Waals surface area (Å²) in [5.74, 6) is 0. The molecule has 25 heavy (non-hydrogen) atoms. The first kappa shape index (κ1) is 16.0. The van der Waals surface area contributed by atoms with Gasteiger partial charge in [0.25, 0.3) is 0 Å². The molecule has 2 nitrogen and oxygen atoms in total. The van der Waals surface area contributed by atoms with Crippen molar-refractivity contribution in [1.82, 2.24) is 0 Å². The average Bonchev–Trinajstić information content (AvgIpc) is 2.97. The molecule has 0 fully saturated rings. The highest BCUT2D eigenvalue weighted by atomic mass is 19.4. The molecular formula is C19H18BF3N2. The molecular weight excluding hydrogens is 324 g/mol. The van der Waals surface area contributed by atoms with Crippen LogP contribution < -0.4 is 9.38 Å². The lowest BCUT2D eigenvalue weighted by molar-refractivity contribution is -0.582. The van der Waals surface area contributed by atoms with Gasteiger partial charge < -0.3 is 22.3 Å². The Morgan fingerprint density at radius 2 is 1.72 bits per heavy atom. The van der Waals surface area contributed by atoms with Crippen molar-refractivity contribution in [2.45, 2.75) is 13.3 Å². The van der Waals surface area contributed by atoms with Gasteiger partial charge in [0.1, 0.15) is 11.9 Å². The first-order valence-corrected chi connectivity index (χ1v) is 8.35. The highest BCUT2D eigenvalue weighted by molar-refractivity contribution is 6.48. The van der Waals surface area contributed by atoms with Crippen molar-refractivity contribution in [2.75, 3.05) is 18.5 Å². The number of pyridine rings is 1. The summed E-state index contributed by atoms with van der Waals surface area (Å²) < 4.78 is 41.4. The molecule has 1 aliphatic rings. The zero-order valence-electron chi connectivity index (χ0n) is 14.1. The molecule has 0 aliphatic carbocycles. The van der Waals surface area contributed by atoms with Crippen LogP contribution in [-0.2, 0) is 6.42 Å². The molecule has 0 spiro atoms. The van der Waals surface area contributed by atoms with E-state index in [0.717, 1.165) is 34.1 Å². The van der Waals surface area contributed by atoms with Gasteiger partial charge in [-0.25, -0.2) is 0 Å². The minimum absolute atomic E-state index is 0.302. The number of halogens is 3. The van der Waals surface area contributed by atoms with Crippen LogP contribution in [0.2, 0.25) is 0 Å². The molecule has 4 rings (SSSR count). The Kier molecular flexibility index (Phi) is 3.53. The first-order valence-electron chi connectivity index (χ1n) is 8.35. The number of hydrogen-bond donors (Lipinski definition) is 0. The minimum Gasteiger partial charge on any atom is -0.379 e. The van der Waals surface area contributed by atoms with Gasteiger partial charge in [-0.15, -0.1) is 0 Å². The van der Waals surface area contributed by atoms with Crippen molar-refractivity contribution in [3.8, 4) is 11.1 Å². The van der Waals surface area contributed by atoms with E-state index in [1.807, 2.05) is 49.5 Å². The second-order valence-corrected chi connectivity index (χ2v) is 6.60. The lowest BCUT2D eigenvalue weighted by Gasteiger charge is -2.21. The van der Waals surface area contributed by atoms with Crippen LogP contribution in [0.1, 0.15) is 11.3 Å². The number of hydrogen-bond acceptors (Lipinski definition) is 1. The molecule has 2 heterocycles. The van der Waals surface area contributed by atoms with Gasteiger partial charge >= 0.3 is 7.11 Å². The van der Waals surface area contributed by atoms with Crippen molar-refractivity contribution in [3.63, 3.8) is 0 Å². The third-order valence-electron chi connectivity index (χ3n) is 5.11. The maximum atomic E-state index is 13.6. The van der Waals surface area contributed by atoms with Gasteiger partial charge in [-0.3, -0.25) is 0 Å². The smallest absolute Gasteiger partial charge is 0.379 e. The summed E-state index contributed by atoms with van der Waals surface area (Å²) in [5.41, 5.74) is 3.52. The zero-order chi connectivity index (χ0) is 17.8. The van der Waals surface area contributed by atoms with E-state index in [1.165, 1.54) is 6.20 Å². The van der Waals surface area contributed by atoms with Gasteiger partial charge in [0.2, 0.25) is 0 Å². The van der Waals surface area contributed by atoms with Crippen molar-refractivity contribution in [1.29, 1.82) is 0 Å². The highest BCUT2D eigenvalue weighted by Crippen LogP contribution is 2.40. The first-order chi connectivity index (χ1) is 11.9. The van der Waals surface area contributed by atoms with Gasteiger partial charge in [-0.1, -0.05) is 42.5 Å². The van der Waals surface area contributed by atoms with E-state index in [-0.39, 0.29) is 0 Å². The Hall–Kier alpha value is -2.50. The Bertz CT molecular complexity index is 977. The predicted octanol–water partition coefficient (Wildman–Crippen LogP) is 4.29. The van der Waals surface area contributed by atoms with E-state index >= 15 is 0 Å². The molecule has 0 bridgehead atoms. The molecule has 6 heteroatoms. The molecule has 0 saturated heterocycles. The fraction of sp³-hybridized carbons (Fsp3) is 0.211. The second-order valence-electron chi connectivity index (χ2n) is 6.60. The standard InChI is InChI=1S/C19H18BF3N2/c1-13-15-10-11-24(2)19(15)18(12-25(13)20(21,22)23)17-9-5-7-14-6-3-4-8-16(14)17/h3-9,12H,10-11H2,1-2H3. The molecule has 0 atom stereocenters. The monoisotopic (exact) mass is 342 g/mol. The molecule has 1 aliphatic heterocycles. The third kappa shape index (κ3) is 2.47. The number of anilines is 1. The Morgan fingerprint density at radius 1 is 1.00 bits per heavy atom. The van der Waals surface area contributed by atoms with Crippen LogP contribution in [0.5, 0.6) is 0 Å². The SMILES string of the molecule is Cc1c2c(c(-c3cccc4ccccc34)c[n+]1[B-](F)(F)F)N(C)CC2. The summed E-state index contributed by atoms with van der Waals surface area (Å²) in [4.78, 5) is 2.06. The molecule has 2 aromatic carbocycles. The van der Waals surface area contributed by atoms with Crippen LogP contribution in [0, 0.1) is 6.92 Å². The van der Waals surface area contributed by atoms with Crippen LogP contribution in [0.4, 0.5) is 18.6 Å². The van der Waals surface area contributed by atoms with E-state index < -0.39 is 7.11 Å². The van der Waals surface area contributed by atoms with Gasteiger partial charge in [-0.2, -0.15) is 0 Å². The number of nitrogens with zero attached hydrogens (tertiary/aromatic N) is 2. The molecule has 0 N–H and O–H groups in total. The Labute approximate surface area is 144 Å². The summed E-state index contributed by atoms with van der Waals surface area (Å²) in [7, 11) is -3.18.